The number of amides is 1. The number of nitrogens with zero attached hydrogens (tertiary/aromatic N) is 1. The van der Waals surface area contributed by atoms with Crippen molar-refractivity contribution in [1.82, 2.24) is 4.90 Å². The van der Waals surface area contributed by atoms with Gasteiger partial charge in [-0.1, -0.05) is 12.1 Å². The minimum atomic E-state index is -0.280. The molecule has 1 amide bonds. The molecule has 134 valence electrons. The van der Waals surface area contributed by atoms with Gasteiger partial charge in [-0.15, -0.1) is 0 Å². The van der Waals surface area contributed by atoms with Gasteiger partial charge in [-0.25, -0.2) is 4.39 Å². The van der Waals surface area contributed by atoms with Crippen molar-refractivity contribution in [1.29, 1.82) is 0 Å². The first-order valence-electron chi connectivity index (χ1n) is 8.68. The Kier molecular flexibility index (Phi) is 6.19. The molecule has 5 nitrogen and oxygen atoms in total. The van der Waals surface area contributed by atoms with Crippen LogP contribution in [-0.2, 0) is 22.6 Å². The molecule has 2 N–H and O–H groups in total. The molecular formula is C19H24FN2O3+. The predicted octanol–water partition coefficient (Wildman–Crippen LogP) is 1.69. The number of hydrogen-bond acceptors (Lipinski definition) is 3. The van der Waals surface area contributed by atoms with E-state index in [0.29, 0.717) is 19.6 Å². The lowest BCUT2D eigenvalue weighted by Gasteiger charge is -2.21. The van der Waals surface area contributed by atoms with Gasteiger partial charge in [0.15, 0.2) is 6.54 Å². The van der Waals surface area contributed by atoms with Crippen molar-refractivity contribution in [3.05, 3.63) is 59.8 Å². The Hall–Kier alpha value is -2.18. The van der Waals surface area contributed by atoms with Crippen molar-refractivity contribution in [3.63, 3.8) is 0 Å². The number of quaternary nitrogens is 1. The molecule has 3 rings (SSSR count). The topological polar surface area (TPSA) is 59.3 Å². The summed E-state index contributed by atoms with van der Waals surface area (Å²) in [5.41, 5.74) is 0.889. The van der Waals surface area contributed by atoms with Gasteiger partial charge >= 0.3 is 0 Å². The van der Waals surface area contributed by atoms with Crippen LogP contribution in [0.25, 0.3) is 0 Å². The third-order valence-electron chi connectivity index (χ3n) is 4.34. The SMILES string of the molecule is O=C(C[NH2+]C[C@H]1CCCO1)N(Cc1ccc(F)cc1)Cc1ccco1. The van der Waals surface area contributed by atoms with E-state index in [4.69, 9.17) is 9.15 Å². The molecule has 2 aromatic rings. The molecular weight excluding hydrogens is 323 g/mol. The lowest BCUT2D eigenvalue weighted by Crippen LogP contribution is -2.88. The van der Waals surface area contributed by atoms with E-state index in [-0.39, 0.29) is 17.8 Å². The second kappa shape index (κ2) is 8.78. The minimum Gasteiger partial charge on any atom is -0.467 e. The average Bonchev–Trinajstić information content (AvgIpc) is 3.30. The number of hydrogen-bond donors (Lipinski definition) is 1. The lowest BCUT2D eigenvalue weighted by atomic mass is 10.2. The van der Waals surface area contributed by atoms with E-state index < -0.39 is 0 Å². The Morgan fingerprint density at radius 2 is 2.08 bits per heavy atom. The highest BCUT2D eigenvalue weighted by Gasteiger charge is 2.20. The summed E-state index contributed by atoms with van der Waals surface area (Å²) in [5, 5.41) is 2.00. The number of ether oxygens (including phenoxy) is 1. The molecule has 25 heavy (non-hydrogen) atoms. The van der Waals surface area contributed by atoms with Crippen LogP contribution in [-0.4, -0.2) is 36.6 Å². The second-order valence-corrected chi connectivity index (χ2v) is 6.32. The predicted molar refractivity (Wildman–Crippen MR) is 90.0 cm³/mol. The van der Waals surface area contributed by atoms with Gasteiger partial charge in [-0.3, -0.25) is 4.79 Å². The number of nitrogens with two attached hydrogens (primary N) is 1. The molecule has 0 radical (unpaired) electrons. The van der Waals surface area contributed by atoms with Crippen molar-refractivity contribution in [2.24, 2.45) is 0 Å². The van der Waals surface area contributed by atoms with E-state index in [1.54, 1.807) is 29.4 Å². The molecule has 1 saturated heterocycles. The van der Waals surface area contributed by atoms with Crippen LogP contribution in [0.5, 0.6) is 0 Å². The third-order valence-corrected chi connectivity index (χ3v) is 4.34. The number of carbonyl (C=O) groups is 1. The standard InChI is InChI=1S/C19H23FN2O3/c20-16-7-5-15(6-8-16)13-22(14-18-4-2-10-25-18)19(23)12-21-11-17-3-1-9-24-17/h2,4-8,10,17,21H,1,3,9,11-14H2/p+1/t17-/m1/s1. The quantitative estimate of drug-likeness (QED) is 0.791. The van der Waals surface area contributed by atoms with Gasteiger partial charge < -0.3 is 19.4 Å². The number of carbonyl (C=O) groups excluding carboxylic acids is 1. The van der Waals surface area contributed by atoms with E-state index in [2.05, 4.69) is 0 Å². The summed E-state index contributed by atoms with van der Waals surface area (Å²) in [7, 11) is 0. The Labute approximate surface area is 146 Å². The first kappa shape index (κ1) is 17.6. The maximum Gasteiger partial charge on any atom is 0.278 e. The highest BCUT2D eigenvalue weighted by Crippen LogP contribution is 2.12. The van der Waals surface area contributed by atoms with Crippen LogP contribution < -0.4 is 5.32 Å². The molecule has 1 aliphatic rings. The minimum absolute atomic E-state index is 0.0266. The summed E-state index contributed by atoms with van der Waals surface area (Å²) in [6.45, 7) is 2.81. The summed E-state index contributed by atoms with van der Waals surface area (Å²) in [4.78, 5) is 14.4. The number of furan rings is 1. The van der Waals surface area contributed by atoms with Crippen molar-refractivity contribution in [2.75, 3.05) is 19.7 Å². The van der Waals surface area contributed by atoms with Crippen LogP contribution in [0.2, 0.25) is 0 Å². The normalized spacial score (nSPS) is 16.9. The molecule has 1 aliphatic heterocycles. The van der Waals surface area contributed by atoms with Crippen LogP contribution in [0.4, 0.5) is 4.39 Å². The summed E-state index contributed by atoms with van der Waals surface area (Å²) in [6.07, 6.45) is 4.01. The highest BCUT2D eigenvalue weighted by molar-refractivity contribution is 5.76. The first-order valence-corrected chi connectivity index (χ1v) is 8.68. The monoisotopic (exact) mass is 347 g/mol. The highest BCUT2D eigenvalue weighted by atomic mass is 19.1. The Balaban J connectivity index is 1.58. The smallest absolute Gasteiger partial charge is 0.278 e. The van der Waals surface area contributed by atoms with E-state index in [1.807, 2.05) is 11.4 Å². The molecule has 1 aromatic heterocycles. The fraction of sp³-hybridized carbons (Fsp3) is 0.421. The third kappa shape index (κ3) is 5.41. The number of halogens is 1. The van der Waals surface area contributed by atoms with Crippen LogP contribution in [0.15, 0.2) is 47.1 Å². The summed E-state index contributed by atoms with van der Waals surface area (Å²) in [5.74, 6) is 0.478. The molecule has 1 atom stereocenters. The molecule has 0 spiro atoms. The van der Waals surface area contributed by atoms with E-state index in [1.165, 1.54) is 12.1 Å². The molecule has 6 heteroatoms. The zero-order chi connectivity index (χ0) is 17.5. The van der Waals surface area contributed by atoms with Crippen LogP contribution >= 0.6 is 0 Å². The molecule has 0 unspecified atom stereocenters. The first-order chi connectivity index (χ1) is 12.2. The van der Waals surface area contributed by atoms with E-state index >= 15 is 0 Å². The lowest BCUT2D eigenvalue weighted by molar-refractivity contribution is -0.650. The van der Waals surface area contributed by atoms with Crippen LogP contribution in [0.3, 0.4) is 0 Å². The Morgan fingerprint density at radius 1 is 1.24 bits per heavy atom. The van der Waals surface area contributed by atoms with Gasteiger partial charge in [0.05, 0.1) is 12.8 Å². The van der Waals surface area contributed by atoms with Crippen molar-refractivity contribution >= 4 is 5.91 Å². The Bertz CT molecular complexity index is 652. The van der Waals surface area contributed by atoms with Gasteiger partial charge in [-0.2, -0.15) is 0 Å². The average molecular weight is 347 g/mol. The van der Waals surface area contributed by atoms with Crippen molar-refractivity contribution in [3.8, 4) is 0 Å². The van der Waals surface area contributed by atoms with Crippen LogP contribution in [0.1, 0.15) is 24.2 Å². The molecule has 1 fully saturated rings. The summed E-state index contributed by atoms with van der Waals surface area (Å²) >= 11 is 0. The zero-order valence-electron chi connectivity index (χ0n) is 14.2. The zero-order valence-corrected chi connectivity index (χ0v) is 14.2. The van der Waals surface area contributed by atoms with Crippen LogP contribution in [0, 0.1) is 5.82 Å². The fourth-order valence-electron chi connectivity index (χ4n) is 2.99. The number of benzene rings is 1. The van der Waals surface area contributed by atoms with Gasteiger partial charge in [0, 0.05) is 13.2 Å². The van der Waals surface area contributed by atoms with Gasteiger partial charge in [0.25, 0.3) is 5.91 Å². The van der Waals surface area contributed by atoms with E-state index in [0.717, 1.165) is 37.3 Å². The maximum atomic E-state index is 13.1. The summed E-state index contributed by atoms with van der Waals surface area (Å²) < 4.78 is 24.0. The van der Waals surface area contributed by atoms with Crippen molar-refractivity contribution < 1.29 is 23.7 Å². The van der Waals surface area contributed by atoms with Gasteiger partial charge in [0.2, 0.25) is 0 Å². The molecule has 1 aromatic carbocycles. The molecule has 2 heterocycles. The second-order valence-electron chi connectivity index (χ2n) is 6.32. The number of rotatable bonds is 8. The Morgan fingerprint density at radius 3 is 2.76 bits per heavy atom. The van der Waals surface area contributed by atoms with Gasteiger partial charge in [0.1, 0.15) is 24.2 Å². The van der Waals surface area contributed by atoms with Gasteiger partial charge in [-0.05, 0) is 42.7 Å². The largest absolute Gasteiger partial charge is 0.467 e. The van der Waals surface area contributed by atoms with E-state index in [9.17, 15) is 9.18 Å². The maximum absolute atomic E-state index is 13.1. The van der Waals surface area contributed by atoms with Crippen molar-refractivity contribution in [2.45, 2.75) is 32.0 Å². The molecule has 0 aliphatic carbocycles. The summed E-state index contributed by atoms with van der Waals surface area (Å²) in [6, 6.07) is 9.88. The molecule has 0 bridgehead atoms. The fourth-order valence-corrected chi connectivity index (χ4v) is 2.99. The molecule has 0 saturated carbocycles.